The van der Waals surface area contributed by atoms with Gasteiger partial charge in [-0.3, -0.25) is 0 Å². The highest BCUT2D eigenvalue weighted by Gasteiger charge is 2.16. The summed E-state index contributed by atoms with van der Waals surface area (Å²) >= 11 is 0. The van der Waals surface area contributed by atoms with Gasteiger partial charge in [0.25, 0.3) is 0 Å². The van der Waals surface area contributed by atoms with Gasteiger partial charge in [0.05, 0.1) is 12.2 Å². The second-order valence-corrected chi connectivity index (χ2v) is 7.69. The average Bonchev–Trinajstić information content (AvgIpc) is 2.79. The lowest BCUT2D eigenvalue weighted by Crippen LogP contribution is -2.02. The van der Waals surface area contributed by atoms with E-state index in [1.165, 1.54) is 24.3 Å². The lowest BCUT2D eigenvalue weighted by atomic mass is 9.96. The van der Waals surface area contributed by atoms with Gasteiger partial charge >= 0.3 is 6.61 Å². The maximum absolute atomic E-state index is 15.1. The van der Waals surface area contributed by atoms with Crippen molar-refractivity contribution in [2.45, 2.75) is 26.4 Å². The van der Waals surface area contributed by atoms with Gasteiger partial charge in [-0.15, -0.1) is 0 Å². The molecule has 4 rings (SSSR count). The number of alkyl halides is 2. The van der Waals surface area contributed by atoms with Gasteiger partial charge in [-0.05, 0) is 60.0 Å². The highest BCUT2D eigenvalue weighted by Crippen LogP contribution is 2.33. The van der Waals surface area contributed by atoms with E-state index in [2.05, 4.69) is 4.74 Å². The summed E-state index contributed by atoms with van der Waals surface area (Å²) in [6, 6.07) is 16.3. The minimum Gasteiger partial charge on any atom is -0.494 e. The summed E-state index contributed by atoms with van der Waals surface area (Å²) in [5.41, 5.74) is 1.42. The normalized spacial score (nSPS) is 11.3. The van der Waals surface area contributed by atoms with E-state index in [0.29, 0.717) is 34.7 Å². The summed E-state index contributed by atoms with van der Waals surface area (Å²) in [6.07, 6.45) is 0.888. The lowest BCUT2D eigenvalue weighted by molar-refractivity contribution is -0.0498. The van der Waals surface area contributed by atoms with E-state index < -0.39 is 24.1 Å². The SMILES string of the molecule is CCOc1cc(F)c(-c2ccc3c(F)c(CCc4ccc(OC(F)F)cc4)ccc3c2)c(F)c1. The van der Waals surface area contributed by atoms with E-state index in [4.69, 9.17) is 4.74 Å². The van der Waals surface area contributed by atoms with Crippen LogP contribution in [0, 0.1) is 17.5 Å². The molecule has 0 bridgehead atoms. The predicted octanol–water partition coefficient (Wildman–Crippen LogP) is 7.71. The molecule has 0 heterocycles. The molecule has 0 saturated carbocycles. The summed E-state index contributed by atoms with van der Waals surface area (Å²) in [5, 5.41) is 0.855. The van der Waals surface area contributed by atoms with Crippen molar-refractivity contribution in [2.75, 3.05) is 6.61 Å². The quantitative estimate of drug-likeness (QED) is 0.245. The maximum Gasteiger partial charge on any atom is 0.387 e. The molecule has 7 heteroatoms. The zero-order valence-electron chi connectivity index (χ0n) is 18.3. The van der Waals surface area contributed by atoms with Crippen LogP contribution in [0.5, 0.6) is 11.5 Å². The molecule has 0 aromatic heterocycles. The number of rotatable bonds is 8. The first-order valence-electron chi connectivity index (χ1n) is 10.7. The number of fused-ring (bicyclic) bond motifs is 1. The van der Waals surface area contributed by atoms with Crippen molar-refractivity contribution < 1.29 is 31.4 Å². The molecule has 2 nitrogen and oxygen atoms in total. The zero-order valence-corrected chi connectivity index (χ0v) is 18.3. The highest BCUT2D eigenvalue weighted by atomic mass is 19.3. The van der Waals surface area contributed by atoms with Crippen LogP contribution in [0.1, 0.15) is 18.1 Å². The molecule has 0 saturated heterocycles. The van der Waals surface area contributed by atoms with Crippen LogP contribution in [0.2, 0.25) is 0 Å². The average molecular weight is 472 g/mol. The van der Waals surface area contributed by atoms with Gasteiger partial charge in [-0.25, -0.2) is 13.2 Å². The molecule has 0 spiro atoms. The summed E-state index contributed by atoms with van der Waals surface area (Å²) in [6.45, 7) is -0.883. The maximum atomic E-state index is 15.1. The van der Waals surface area contributed by atoms with Crippen LogP contribution in [0.4, 0.5) is 22.0 Å². The third-order valence-corrected chi connectivity index (χ3v) is 5.48. The Morgan fingerprint density at radius 2 is 1.47 bits per heavy atom. The second kappa shape index (κ2) is 10.1. The Bertz CT molecular complexity index is 1280. The van der Waals surface area contributed by atoms with Crippen LogP contribution in [-0.4, -0.2) is 13.2 Å². The number of halogens is 5. The van der Waals surface area contributed by atoms with E-state index in [9.17, 15) is 17.6 Å². The van der Waals surface area contributed by atoms with Crippen molar-refractivity contribution in [2.24, 2.45) is 0 Å². The first kappa shape index (κ1) is 23.5. The molecule has 0 aliphatic heterocycles. The van der Waals surface area contributed by atoms with Gasteiger partial charge in [0.2, 0.25) is 0 Å². The Labute approximate surface area is 193 Å². The zero-order chi connectivity index (χ0) is 24.2. The first-order chi connectivity index (χ1) is 16.4. The van der Waals surface area contributed by atoms with Gasteiger partial charge in [0, 0.05) is 17.5 Å². The van der Waals surface area contributed by atoms with Gasteiger partial charge in [-0.2, -0.15) is 8.78 Å². The van der Waals surface area contributed by atoms with Crippen molar-refractivity contribution in [3.05, 3.63) is 95.3 Å². The fourth-order valence-corrected chi connectivity index (χ4v) is 3.88. The largest absolute Gasteiger partial charge is 0.494 e. The molecule has 0 N–H and O–H groups in total. The summed E-state index contributed by atoms with van der Waals surface area (Å²) in [5.74, 6) is -1.76. The van der Waals surface area contributed by atoms with Crippen LogP contribution < -0.4 is 9.47 Å². The topological polar surface area (TPSA) is 18.5 Å². The fourth-order valence-electron chi connectivity index (χ4n) is 3.88. The Morgan fingerprint density at radius 3 is 2.12 bits per heavy atom. The van der Waals surface area contributed by atoms with E-state index >= 15 is 4.39 Å². The smallest absolute Gasteiger partial charge is 0.387 e. The molecule has 34 heavy (non-hydrogen) atoms. The van der Waals surface area contributed by atoms with Crippen molar-refractivity contribution in [3.63, 3.8) is 0 Å². The third kappa shape index (κ3) is 5.14. The van der Waals surface area contributed by atoms with E-state index in [1.54, 1.807) is 37.3 Å². The van der Waals surface area contributed by atoms with Crippen molar-refractivity contribution in [3.8, 4) is 22.6 Å². The highest BCUT2D eigenvalue weighted by molar-refractivity contribution is 5.88. The molecule has 176 valence electrons. The molecule has 4 aromatic rings. The van der Waals surface area contributed by atoms with Gasteiger partial charge in [0.1, 0.15) is 29.0 Å². The van der Waals surface area contributed by atoms with Crippen molar-refractivity contribution in [1.82, 2.24) is 0 Å². The van der Waals surface area contributed by atoms with Crippen LogP contribution in [0.3, 0.4) is 0 Å². The van der Waals surface area contributed by atoms with Crippen LogP contribution >= 0.6 is 0 Å². The molecule has 0 atom stereocenters. The number of hydrogen-bond donors (Lipinski definition) is 0. The molecule has 0 fully saturated rings. The summed E-state index contributed by atoms with van der Waals surface area (Å²) < 4.78 is 78.3. The monoisotopic (exact) mass is 472 g/mol. The molecule has 0 amide bonds. The second-order valence-electron chi connectivity index (χ2n) is 7.69. The van der Waals surface area contributed by atoms with E-state index in [-0.39, 0.29) is 23.7 Å². The fraction of sp³-hybridized carbons (Fsp3) is 0.185. The molecular formula is C27H21F5O2. The van der Waals surface area contributed by atoms with Crippen LogP contribution in [0.15, 0.2) is 66.7 Å². The predicted molar refractivity (Wildman–Crippen MR) is 121 cm³/mol. The standard InChI is InChI=1S/C27H21F5O2/c1-2-33-21-14-23(28)25(24(29)15-21)19-9-12-22-18(13-19)8-7-17(26(22)30)6-3-16-4-10-20(11-5-16)34-27(31)32/h4-5,7-15,27H,2-3,6H2,1H3. The van der Waals surface area contributed by atoms with E-state index in [0.717, 1.165) is 17.7 Å². The molecular weight excluding hydrogens is 451 g/mol. The molecule has 0 aliphatic carbocycles. The lowest BCUT2D eigenvalue weighted by Gasteiger charge is -2.11. The van der Waals surface area contributed by atoms with Crippen molar-refractivity contribution in [1.29, 1.82) is 0 Å². The summed E-state index contributed by atoms with van der Waals surface area (Å²) in [7, 11) is 0. The molecule has 0 radical (unpaired) electrons. The number of benzene rings is 4. The number of ether oxygens (including phenoxy) is 2. The summed E-state index contributed by atoms with van der Waals surface area (Å²) in [4.78, 5) is 0. The van der Waals surface area contributed by atoms with Crippen LogP contribution in [-0.2, 0) is 12.8 Å². The Kier molecular flexibility index (Phi) is 7.01. The number of aryl methyl sites for hydroxylation is 2. The first-order valence-corrected chi connectivity index (χ1v) is 10.7. The number of hydrogen-bond acceptors (Lipinski definition) is 2. The Hall–Kier alpha value is -3.61. The molecule has 0 aliphatic rings. The molecule has 4 aromatic carbocycles. The third-order valence-electron chi connectivity index (χ3n) is 5.48. The minimum atomic E-state index is -2.89. The van der Waals surface area contributed by atoms with E-state index in [1.807, 2.05) is 0 Å². The van der Waals surface area contributed by atoms with Gasteiger partial charge < -0.3 is 9.47 Å². The molecule has 0 unspecified atom stereocenters. The Morgan fingerprint density at radius 1 is 0.765 bits per heavy atom. The van der Waals surface area contributed by atoms with Crippen LogP contribution in [0.25, 0.3) is 21.9 Å². The minimum absolute atomic E-state index is 0.0619. The van der Waals surface area contributed by atoms with Gasteiger partial charge in [-0.1, -0.05) is 36.4 Å². The van der Waals surface area contributed by atoms with Gasteiger partial charge in [0.15, 0.2) is 0 Å². The van der Waals surface area contributed by atoms with Crippen molar-refractivity contribution >= 4 is 10.8 Å². The Balaban J connectivity index is 1.55.